The second kappa shape index (κ2) is 14.6. The maximum Gasteiger partial charge on any atom is 0.270 e. The summed E-state index contributed by atoms with van der Waals surface area (Å²) in [5, 5.41) is 15.4. The Bertz CT molecular complexity index is 2450. The van der Waals surface area contributed by atoms with Crippen molar-refractivity contribution in [2.75, 3.05) is 31.0 Å². The number of amides is 2. The van der Waals surface area contributed by atoms with Crippen LogP contribution in [0.25, 0.3) is 0 Å². The van der Waals surface area contributed by atoms with Crippen molar-refractivity contribution in [1.29, 1.82) is 0 Å². The third-order valence-corrected chi connectivity index (χ3v) is 10.3. The van der Waals surface area contributed by atoms with Crippen LogP contribution in [0.5, 0.6) is 23.0 Å². The molecule has 4 aliphatic rings. The topological polar surface area (TPSA) is 145 Å². The van der Waals surface area contributed by atoms with Gasteiger partial charge in [0, 0.05) is 61.1 Å². The van der Waals surface area contributed by atoms with Crippen molar-refractivity contribution >= 4 is 40.8 Å². The van der Waals surface area contributed by atoms with E-state index in [1.54, 1.807) is 46.3 Å². The van der Waals surface area contributed by atoms with E-state index >= 15 is 0 Å². The number of benzene rings is 4. The summed E-state index contributed by atoms with van der Waals surface area (Å²) in [7, 11) is 2.96. The molecule has 0 aliphatic carbocycles. The number of hydrogen-bond acceptors (Lipinski definition) is 10. The molecule has 4 aliphatic heterocycles. The summed E-state index contributed by atoms with van der Waals surface area (Å²) >= 11 is 0. The minimum atomic E-state index is -0.479. The van der Waals surface area contributed by atoms with Gasteiger partial charge < -0.3 is 29.2 Å². The normalized spacial score (nSPS) is 17.9. The third kappa shape index (κ3) is 6.34. The van der Waals surface area contributed by atoms with Gasteiger partial charge in [-0.25, -0.2) is 0 Å². The van der Waals surface area contributed by atoms with E-state index in [9.17, 15) is 19.7 Å². The molecule has 56 heavy (non-hydrogen) atoms. The molecule has 2 atom stereocenters. The Morgan fingerprint density at radius 1 is 0.911 bits per heavy atom. The van der Waals surface area contributed by atoms with Gasteiger partial charge >= 0.3 is 0 Å². The quantitative estimate of drug-likeness (QED) is 0.101. The molecule has 0 saturated carbocycles. The van der Waals surface area contributed by atoms with E-state index in [-0.39, 0.29) is 42.8 Å². The first-order valence-electron chi connectivity index (χ1n) is 18.0. The van der Waals surface area contributed by atoms with E-state index in [1.807, 2.05) is 43.3 Å². The molecule has 0 bridgehead atoms. The first kappa shape index (κ1) is 35.9. The lowest BCUT2D eigenvalue weighted by Crippen LogP contribution is -2.37. The summed E-state index contributed by atoms with van der Waals surface area (Å²) in [6, 6.07) is 18.6. The summed E-state index contributed by atoms with van der Waals surface area (Å²) in [5.74, 6) is 3.64. The van der Waals surface area contributed by atoms with Crippen LogP contribution in [-0.2, 0) is 19.6 Å². The molecule has 0 radical (unpaired) electrons. The van der Waals surface area contributed by atoms with Gasteiger partial charge in [0.25, 0.3) is 17.5 Å². The SMILES string of the molecule is C#CC1=C(/C=C\C)N2C(=O)c3cc(OC)c(OCc4cc(COc5cc6c(cc5OC)C(=O)N5c7ccccc7C[C@H]5C=N6)cc([N+](=O)[O-])c4)cc3NC[C@@H]2C1. The van der Waals surface area contributed by atoms with Gasteiger partial charge in [0.15, 0.2) is 23.0 Å². The Morgan fingerprint density at radius 3 is 2.27 bits per heavy atom. The number of carbonyl (C=O) groups excluding carboxylic acids is 2. The molecule has 0 spiro atoms. The zero-order valence-electron chi connectivity index (χ0n) is 30.9. The third-order valence-electron chi connectivity index (χ3n) is 10.3. The largest absolute Gasteiger partial charge is 0.493 e. The lowest BCUT2D eigenvalue weighted by atomic mass is 10.1. The van der Waals surface area contributed by atoms with Crippen molar-refractivity contribution in [3.63, 3.8) is 0 Å². The number of nitrogens with zero attached hydrogens (tertiary/aromatic N) is 4. The van der Waals surface area contributed by atoms with Gasteiger partial charge in [-0.05, 0) is 54.0 Å². The Balaban J connectivity index is 1.02. The molecule has 4 heterocycles. The molecule has 0 saturated heterocycles. The number of nitro benzene ring substituents is 1. The minimum absolute atomic E-state index is 0.0496. The van der Waals surface area contributed by atoms with Crippen molar-refractivity contribution < 1.29 is 33.5 Å². The van der Waals surface area contributed by atoms with Crippen LogP contribution in [0.3, 0.4) is 0 Å². The Morgan fingerprint density at radius 2 is 1.59 bits per heavy atom. The fourth-order valence-electron chi connectivity index (χ4n) is 7.72. The Labute approximate surface area is 323 Å². The number of fused-ring (bicyclic) bond motifs is 6. The molecular formula is C43H37N5O8. The monoisotopic (exact) mass is 751 g/mol. The van der Waals surface area contributed by atoms with Gasteiger partial charge in [0.2, 0.25) is 0 Å². The standard InChI is InChI=1S/C43H37N5O8/c1-5-9-36-27(6-2)15-30-21-44-34-19-40(38(53-3)17-32(34)42(49)46(30)36)55-23-25-12-26(14-29(13-25)48(51)52)24-56-41-20-35-33(18-39(41)54-4)43(50)47-31(22-45-35)16-28-10-7-8-11-37(28)47/h2,5,7-14,17-20,22,30-31,44H,15-16,21,23-24H2,1,3-4H3/b9-5-/t30-,31-/m0/s1. The molecule has 1 N–H and O–H groups in total. The van der Waals surface area contributed by atoms with E-state index in [4.69, 9.17) is 25.4 Å². The van der Waals surface area contributed by atoms with E-state index < -0.39 is 4.92 Å². The van der Waals surface area contributed by atoms with Crippen LogP contribution in [0.2, 0.25) is 0 Å². The van der Waals surface area contributed by atoms with Crippen LogP contribution in [-0.4, -0.2) is 60.7 Å². The lowest BCUT2D eigenvalue weighted by Gasteiger charge is -2.24. The van der Waals surface area contributed by atoms with E-state index in [0.29, 0.717) is 81.7 Å². The molecular weight excluding hydrogens is 714 g/mol. The van der Waals surface area contributed by atoms with Crippen molar-refractivity contribution in [3.05, 3.63) is 128 Å². The van der Waals surface area contributed by atoms with Crippen LogP contribution >= 0.6 is 0 Å². The Hall–Kier alpha value is -7.07. The van der Waals surface area contributed by atoms with Crippen LogP contribution in [0.1, 0.15) is 50.8 Å². The van der Waals surface area contributed by atoms with Crippen LogP contribution in [0, 0.1) is 22.5 Å². The summed E-state index contributed by atoms with van der Waals surface area (Å²) in [6.07, 6.45) is 12.5. The van der Waals surface area contributed by atoms with E-state index in [0.717, 1.165) is 16.8 Å². The number of carbonyl (C=O) groups is 2. The first-order valence-corrected chi connectivity index (χ1v) is 18.0. The highest BCUT2D eigenvalue weighted by molar-refractivity contribution is 6.14. The smallest absolute Gasteiger partial charge is 0.270 e. The maximum absolute atomic E-state index is 13.9. The zero-order valence-corrected chi connectivity index (χ0v) is 30.9. The van der Waals surface area contributed by atoms with Gasteiger partial charge in [-0.15, -0.1) is 6.42 Å². The number of hydrogen-bond donors (Lipinski definition) is 1. The summed E-state index contributed by atoms with van der Waals surface area (Å²) in [6.45, 7) is 2.24. The molecule has 13 heteroatoms. The summed E-state index contributed by atoms with van der Waals surface area (Å²) < 4.78 is 23.7. The number of terminal acetylenes is 1. The average Bonchev–Trinajstić information content (AvgIpc) is 3.69. The number of methoxy groups -OCH3 is 2. The zero-order chi connectivity index (χ0) is 39.1. The number of para-hydroxylation sites is 1. The Kier molecular flexibility index (Phi) is 9.39. The molecule has 13 nitrogen and oxygen atoms in total. The number of rotatable bonds is 10. The summed E-state index contributed by atoms with van der Waals surface area (Å²) in [4.78, 5) is 47.4. The van der Waals surface area contributed by atoms with Crippen LogP contribution in [0.15, 0.2) is 95.1 Å². The predicted molar refractivity (Wildman–Crippen MR) is 210 cm³/mol. The van der Waals surface area contributed by atoms with Gasteiger partial charge in [-0.1, -0.05) is 30.2 Å². The average molecular weight is 752 g/mol. The molecule has 4 aromatic rings. The minimum Gasteiger partial charge on any atom is -0.493 e. The van der Waals surface area contributed by atoms with Gasteiger partial charge in [-0.2, -0.15) is 0 Å². The highest BCUT2D eigenvalue weighted by Gasteiger charge is 2.39. The van der Waals surface area contributed by atoms with Crippen LogP contribution < -0.4 is 29.2 Å². The molecule has 4 aromatic carbocycles. The molecule has 0 aromatic heterocycles. The number of anilines is 2. The molecule has 2 amide bonds. The molecule has 0 fully saturated rings. The highest BCUT2D eigenvalue weighted by Crippen LogP contribution is 2.42. The van der Waals surface area contributed by atoms with Gasteiger partial charge in [0.1, 0.15) is 13.2 Å². The summed E-state index contributed by atoms with van der Waals surface area (Å²) in [5.41, 5.74) is 6.07. The number of nitro groups is 1. The van der Waals surface area contributed by atoms with Crippen molar-refractivity contribution in [2.24, 2.45) is 4.99 Å². The first-order chi connectivity index (χ1) is 27.2. The van der Waals surface area contributed by atoms with Gasteiger partial charge in [0.05, 0.1) is 59.4 Å². The second-order valence-corrected chi connectivity index (χ2v) is 13.7. The number of nitrogens with one attached hydrogen (secondary N) is 1. The lowest BCUT2D eigenvalue weighted by molar-refractivity contribution is -0.385. The molecule has 282 valence electrons. The highest BCUT2D eigenvalue weighted by atomic mass is 16.6. The fraction of sp³-hybridized carbons (Fsp3) is 0.233. The van der Waals surface area contributed by atoms with Crippen molar-refractivity contribution in [1.82, 2.24) is 4.90 Å². The fourth-order valence-corrected chi connectivity index (χ4v) is 7.72. The number of ether oxygens (including phenoxy) is 4. The molecule has 8 rings (SSSR count). The van der Waals surface area contributed by atoms with Crippen molar-refractivity contribution in [3.8, 4) is 35.3 Å². The molecule has 0 unspecified atom stereocenters. The van der Waals surface area contributed by atoms with Gasteiger partial charge in [-0.3, -0.25) is 29.6 Å². The maximum atomic E-state index is 13.9. The number of non-ortho nitro benzene ring substituents is 1. The predicted octanol–water partition coefficient (Wildman–Crippen LogP) is 7.16. The van der Waals surface area contributed by atoms with E-state index in [1.165, 1.54) is 26.4 Å². The number of aliphatic imine (C=N–C) groups is 1. The van der Waals surface area contributed by atoms with Crippen LogP contribution in [0.4, 0.5) is 22.7 Å². The second-order valence-electron chi connectivity index (χ2n) is 13.7. The number of allylic oxidation sites excluding steroid dienone is 2. The van der Waals surface area contributed by atoms with Crippen molar-refractivity contribution in [2.45, 2.75) is 45.1 Å². The van der Waals surface area contributed by atoms with E-state index in [2.05, 4.69) is 16.2 Å².